The number of hydrogen-bond donors (Lipinski definition) is 1. The van der Waals surface area contributed by atoms with Crippen LogP contribution in [0.4, 0.5) is 0 Å². The third kappa shape index (κ3) is 5.17. The molecule has 0 spiro atoms. The maximum atomic E-state index is 12.2. The van der Waals surface area contributed by atoms with E-state index in [-0.39, 0.29) is 23.6 Å². The van der Waals surface area contributed by atoms with Gasteiger partial charge in [-0.15, -0.1) is 6.58 Å². The molecule has 0 saturated heterocycles. The van der Waals surface area contributed by atoms with Crippen LogP contribution in [0.1, 0.15) is 15.9 Å². The number of sulfonamides is 1. The van der Waals surface area contributed by atoms with Crippen LogP contribution in [0.5, 0.6) is 5.75 Å². The van der Waals surface area contributed by atoms with Crippen LogP contribution in [-0.4, -0.2) is 28.0 Å². The molecule has 0 amide bonds. The van der Waals surface area contributed by atoms with Crippen LogP contribution in [0.3, 0.4) is 0 Å². The Morgan fingerprint density at radius 2 is 1.96 bits per heavy atom. The fraction of sp³-hybridized carbons (Fsp3) is 0.167. The van der Waals surface area contributed by atoms with Gasteiger partial charge >= 0.3 is 5.97 Å². The molecule has 25 heavy (non-hydrogen) atoms. The van der Waals surface area contributed by atoms with Crippen molar-refractivity contribution < 1.29 is 22.7 Å². The Morgan fingerprint density at radius 3 is 2.68 bits per heavy atom. The van der Waals surface area contributed by atoms with E-state index in [0.717, 1.165) is 5.56 Å². The van der Waals surface area contributed by atoms with E-state index in [4.69, 9.17) is 9.47 Å². The first-order valence-electron chi connectivity index (χ1n) is 7.47. The largest absolute Gasteiger partial charge is 0.497 e. The van der Waals surface area contributed by atoms with Crippen molar-refractivity contribution in [3.63, 3.8) is 0 Å². The summed E-state index contributed by atoms with van der Waals surface area (Å²) >= 11 is 0. The lowest BCUT2D eigenvalue weighted by Gasteiger charge is -2.08. The molecular weight excluding hydrogens is 342 g/mol. The topological polar surface area (TPSA) is 81.7 Å². The number of benzene rings is 2. The van der Waals surface area contributed by atoms with Crippen LogP contribution in [-0.2, 0) is 21.4 Å². The molecule has 0 unspecified atom stereocenters. The van der Waals surface area contributed by atoms with E-state index in [1.54, 1.807) is 31.4 Å². The number of hydrogen-bond acceptors (Lipinski definition) is 5. The Balaban J connectivity index is 2.09. The van der Waals surface area contributed by atoms with Crippen LogP contribution in [0.25, 0.3) is 0 Å². The molecule has 0 aliphatic carbocycles. The zero-order valence-electron chi connectivity index (χ0n) is 13.8. The molecule has 0 radical (unpaired) electrons. The van der Waals surface area contributed by atoms with Gasteiger partial charge in [-0.1, -0.05) is 24.3 Å². The average molecular weight is 361 g/mol. The van der Waals surface area contributed by atoms with Crippen molar-refractivity contribution in [1.82, 2.24) is 4.72 Å². The van der Waals surface area contributed by atoms with Gasteiger partial charge in [-0.3, -0.25) is 0 Å². The van der Waals surface area contributed by atoms with Gasteiger partial charge in [-0.25, -0.2) is 17.9 Å². The minimum absolute atomic E-state index is 0.00909. The van der Waals surface area contributed by atoms with E-state index in [0.29, 0.717) is 5.75 Å². The summed E-state index contributed by atoms with van der Waals surface area (Å²) in [6.45, 7) is 3.62. The smallest absolute Gasteiger partial charge is 0.338 e. The number of rotatable bonds is 8. The van der Waals surface area contributed by atoms with E-state index in [2.05, 4.69) is 11.3 Å². The first-order chi connectivity index (χ1) is 12.0. The minimum Gasteiger partial charge on any atom is -0.497 e. The van der Waals surface area contributed by atoms with Crippen LogP contribution < -0.4 is 9.46 Å². The maximum Gasteiger partial charge on any atom is 0.338 e. The second kappa shape index (κ2) is 8.46. The van der Waals surface area contributed by atoms with Gasteiger partial charge in [-0.2, -0.15) is 0 Å². The zero-order valence-corrected chi connectivity index (χ0v) is 14.6. The lowest BCUT2D eigenvalue weighted by Crippen LogP contribution is -2.23. The molecule has 2 aromatic carbocycles. The summed E-state index contributed by atoms with van der Waals surface area (Å²) in [4.78, 5) is 12.2. The quantitative estimate of drug-likeness (QED) is 0.577. The van der Waals surface area contributed by atoms with Crippen molar-refractivity contribution in [2.75, 3.05) is 13.7 Å². The van der Waals surface area contributed by atoms with E-state index in [1.165, 1.54) is 30.3 Å². The number of carbonyl (C=O) groups excluding carboxylic acids is 1. The molecule has 6 nitrogen and oxygen atoms in total. The number of ether oxygens (including phenoxy) is 2. The molecule has 1 N–H and O–H groups in total. The van der Waals surface area contributed by atoms with Gasteiger partial charge in [0, 0.05) is 6.54 Å². The summed E-state index contributed by atoms with van der Waals surface area (Å²) in [7, 11) is -2.15. The van der Waals surface area contributed by atoms with Crippen molar-refractivity contribution in [2.45, 2.75) is 11.5 Å². The molecule has 0 aliphatic heterocycles. The Bertz CT molecular complexity index is 861. The highest BCUT2D eigenvalue weighted by Crippen LogP contribution is 2.16. The molecule has 0 saturated carbocycles. The molecular formula is C18H19NO5S. The molecule has 0 aromatic heterocycles. The molecule has 7 heteroatoms. The summed E-state index contributed by atoms with van der Waals surface area (Å²) in [6.07, 6.45) is 1.43. The second-order valence-electron chi connectivity index (χ2n) is 5.10. The van der Waals surface area contributed by atoms with E-state index >= 15 is 0 Å². The van der Waals surface area contributed by atoms with Gasteiger partial charge in [0.1, 0.15) is 12.4 Å². The normalized spacial score (nSPS) is 10.9. The summed E-state index contributed by atoms with van der Waals surface area (Å²) in [5.41, 5.74) is 0.925. The van der Waals surface area contributed by atoms with Gasteiger partial charge in [-0.05, 0) is 35.9 Å². The Labute approximate surface area is 147 Å². The first kappa shape index (κ1) is 18.7. The van der Waals surface area contributed by atoms with Crippen LogP contribution in [0, 0.1) is 0 Å². The van der Waals surface area contributed by atoms with Gasteiger partial charge < -0.3 is 9.47 Å². The molecule has 0 heterocycles. The Hall–Kier alpha value is -2.64. The highest BCUT2D eigenvalue weighted by atomic mass is 32.2. The van der Waals surface area contributed by atoms with Gasteiger partial charge in [0.05, 0.1) is 17.6 Å². The van der Waals surface area contributed by atoms with Crippen LogP contribution >= 0.6 is 0 Å². The highest BCUT2D eigenvalue weighted by molar-refractivity contribution is 7.89. The van der Waals surface area contributed by atoms with Crippen LogP contribution in [0.15, 0.2) is 66.1 Å². The molecule has 2 rings (SSSR count). The Morgan fingerprint density at radius 1 is 1.20 bits per heavy atom. The van der Waals surface area contributed by atoms with E-state index in [9.17, 15) is 13.2 Å². The highest BCUT2D eigenvalue weighted by Gasteiger charge is 2.16. The second-order valence-corrected chi connectivity index (χ2v) is 6.86. The number of methoxy groups -OCH3 is 1. The predicted octanol–water partition coefficient (Wildman–Crippen LogP) is 2.52. The summed E-state index contributed by atoms with van der Waals surface area (Å²) in [6, 6.07) is 12.8. The van der Waals surface area contributed by atoms with Crippen molar-refractivity contribution >= 4 is 16.0 Å². The molecule has 132 valence electrons. The Kier molecular flexibility index (Phi) is 6.32. The number of nitrogens with one attached hydrogen (secondary N) is 1. The van der Waals surface area contributed by atoms with Gasteiger partial charge in [0.15, 0.2) is 0 Å². The van der Waals surface area contributed by atoms with Crippen molar-refractivity contribution in [2.24, 2.45) is 0 Å². The van der Waals surface area contributed by atoms with Crippen molar-refractivity contribution in [3.8, 4) is 5.75 Å². The van der Waals surface area contributed by atoms with Gasteiger partial charge in [0.2, 0.25) is 10.0 Å². The zero-order chi connectivity index (χ0) is 18.3. The minimum atomic E-state index is -3.70. The third-order valence-electron chi connectivity index (χ3n) is 3.30. The van der Waals surface area contributed by atoms with Crippen molar-refractivity contribution in [1.29, 1.82) is 0 Å². The number of carbonyl (C=O) groups is 1. The van der Waals surface area contributed by atoms with E-state index < -0.39 is 16.0 Å². The fourth-order valence-electron chi connectivity index (χ4n) is 2.04. The van der Waals surface area contributed by atoms with Gasteiger partial charge in [0.25, 0.3) is 0 Å². The fourth-order valence-corrected chi connectivity index (χ4v) is 3.08. The molecule has 0 fully saturated rings. The molecule has 0 atom stereocenters. The SMILES string of the molecule is C=CCNS(=O)(=O)c1cccc(C(=O)OCc2cccc(OC)c2)c1. The summed E-state index contributed by atoms with van der Waals surface area (Å²) < 4.78 is 36.9. The third-order valence-corrected chi connectivity index (χ3v) is 4.72. The molecule has 2 aromatic rings. The predicted molar refractivity (Wildman–Crippen MR) is 93.9 cm³/mol. The maximum absolute atomic E-state index is 12.2. The standard InChI is InChI=1S/C18H19NO5S/c1-3-10-19-25(21,22)17-9-5-7-15(12-17)18(20)24-13-14-6-4-8-16(11-14)23-2/h3-9,11-12,19H,1,10,13H2,2H3. The molecule has 0 bridgehead atoms. The molecule has 0 aliphatic rings. The summed E-state index contributed by atoms with van der Waals surface area (Å²) in [5.74, 6) is 0.0542. The van der Waals surface area contributed by atoms with Crippen LogP contribution in [0.2, 0.25) is 0 Å². The first-order valence-corrected chi connectivity index (χ1v) is 8.95. The lowest BCUT2D eigenvalue weighted by molar-refractivity contribution is 0.0472. The van der Waals surface area contributed by atoms with E-state index in [1.807, 2.05) is 0 Å². The lowest BCUT2D eigenvalue weighted by atomic mass is 10.2. The van der Waals surface area contributed by atoms with Crippen molar-refractivity contribution in [3.05, 3.63) is 72.3 Å². The number of esters is 1. The monoisotopic (exact) mass is 361 g/mol. The summed E-state index contributed by atoms with van der Waals surface area (Å²) in [5, 5.41) is 0. The average Bonchev–Trinajstić information content (AvgIpc) is 2.64.